The van der Waals surface area contributed by atoms with Crippen LogP contribution in [0.5, 0.6) is 0 Å². The number of benzene rings is 2. The average molecular weight is 390 g/mol. The number of hydrogen-bond donors (Lipinski definition) is 0. The summed E-state index contributed by atoms with van der Waals surface area (Å²) in [4.78, 5) is 15.2. The Hall–Kier alpha value is -2.85. The van der Waals surface area contributed by atoms with Gasteiger partial charge in [-0.25, -0.2) is 4.79 Å². The van der Waals surface area contributed by atoms with E-state index in [4.69, 9.17) is 4.74 Å². The van der Waals surface area contributed by atoms with Crippen LogP contribution in [0.4, 0.5) is 0 Å². The zero-order chi connectivity index (χ0) is 19.7. The number of carbonyl (C=O) groups is 1. The molecular weight excluding hydrogens is 366 g/mol. The zero-order valence-electron chi connectivity index (χ0n) is 16.4. The van der Waals surface area contributed by atoms with Crippen LogP contribution in [0.3, 0.4) is 0 Å². The Morgan fingerprint density at radius 2 is 1.61 bits per heavy atom. The summed E-state index contributed by atoms with van der Waals surface area (Å²) in [6.45, 7) is 6.40. The molecule has 0 bridgehead atoms. The number of ether oxygens (including phenoxy) is 1. The van der Waals surface area contributed by atoms with Gasteiger partial charge in [-0.2, -0.15) is 0 Å². The normalized spacial score (nSPS) is 11.1. The van der Waals surface area contributed by atoms with Crippen LogP contribution in [0.2, 0.25) is 0 Å². The van der Waals surface area contributed by atoms with Crippen molar-refractivity contribution >= 4 is 27.5 Å². The molecule has 2 aromatic carbocycles. The van der Waals surface area contributed by atoms with Crippen LogP contribution in [-0.2, 0) is 11.2 Å². The summed E-state index contributed by atoms with van der Waals surface area (Å²) in [6.07, 6.45) is 0.898. The molecule has 4 aromatic rings. The predicted octanol–water partition coefficient (Wildman–Crippen LogP) is 6.08. The smallest absolute Gasteiger partial charge is 0.355 e. The fraction of sp³-hybridized carbons (Fsp3) is 0.208. The summed E-state index contributed by atoms with van der Waals surface area (Å²) in [5.41, 5.74) is 5.15. The average Bonchev–Trinajstić information content (AvgIpc) is 3.18. The van der Waals surface area contributed by atoms with Gasteiger partial charge in [-0.3, -0.25) is 4.57 Å². The highest BCUT2D eigenvalue weighted by Crippen LogP contribution is 2.39. The van der Waals surface area contributed by atoms with E-state index in [1.165, 1.54) is 21.4 Å². The number of aryl methyl sites for hydroxylation is 2. The molecule has 0 N–H and O–H groups in total. The van der Waals surface area contributed by atoms with Gasteiger partial charge in [-0.05, 0) is 49.6 Å². The highest BCUT2D eigenvalue weighted by molar-refractivity contribution is 7.19. The lowest BCUT2D eigenvalue weighted by atomic mass is 10.1. The highest BCUT2D eigenvalue weighted by Gasteiger charge is 2.26. The van der Waals surface area contributed by atoms with Gasteiger partial charge in [0, 0.05) is 22.4 Å². The van der Waals surface area contributed by atoms with Gasteiger partial charge in [0.05, 0.1) is 6.61 Å². The van der Waals surface area contributed by atoms with Gasteiger partial charge in [0.25, 0.3) is 0 Å². The molecule has 3 nitrogen and oxygen atoms in total. The van der Waals surface area contributed by atoms with E-state index in [-0.39, 0.29) is 5.97 Å². The summed E-state index contributed by atoms with van der Waals surface area (Å²) >= 11 is 1.77. The monoisotopic (exact) mass is 389 g/mol. The first-order chi connectivity index (χ1) is 13.6. The molecule has 0 aliphatic heterocycles. The topological polar surface area (TPSA) is 31.2 Å². The van der Waals surface area contributed by atoms with Gasteiger partial charge in [-0.15, -0.1) is 11.3 Å². The second-order valence-electron chi connectivity index (χ2n) is 6.86. The highest BCUT2D eigenvalue weighted by atomic mass is 32.1. The van der Waals surface area contributed by atoms with Crippen LogP contribution in [0.25, 0.3) is 15.9 Å². The maximum Gasteiger partial charge on any atom is 0.355 e. The van der Waals surface area contributed by atoms with Crippen LogP contribution in [0.15, 0.2) is 60.7 Å². The molecule has 0 saturated carbocycles. The maximum absolute atomic E-state index is 12.8. The molecule has 0 fully saturated rings. The molecule has 0 radical (unpaired) electrons. The SMILES string of the molecule is CCOC(=O)c1c(C)c2c(C)c(Cc3ccccc3)sc2n1-c1ccccc1. The Morgan fingerprint density at radius 1 is 0.964 bits per heavy atom. The van der Waals surface area contributed by atoms with E-state index in [2.05, 4.69) is 35.8 Å². The second-order valence-corrected chi connectivity index (χ2v) is 7.94. The van der Waals surface area contributed by atoms with E-state index < -0.39 is 0 Å². The van der Waals surface area contributed by atoms with E-state index in [9.17, 15) is 4.79 Å². The summed E-state index contributed by atoms with van der Waals surface area (Å²) in [6, 6.07) is 20.6. The third-order valence-corrected chi connectivity index (χ3v) is 6.35. The molecule has 0 saturated heterocycles. The Balaban J connectivity index is 1.93. The summed E-state index contributed by atoms with van der Waals surface area (Å²) in [7, 11) is 0. The van der Waals surface area contributed by atoms with Crippen molar-refractivity contribution in [1.82, 2.24) is 4.57 Å². The van der Waals surface area contributed by atoms with E-state index in [1.807, 2.05) is 50.2 Å². The van der Waals surface area contributed by atoms with Crippen molar-refractivity contribution in [3.8, 4) is 5.69 Å². The largest absolute Gasteiger partial charge is 0.461 e. The Labute approximate surface area is 169 Å². The Bertz CT molecular complexity index is 1120. The lowest BCUT2D eigenvalue weighted by molar-refractivity contribution is 0.0516. The van der Waals surface area contributed by atoms with Crippen LogP contribution >= 0.6 is 11.3 Å². The fourth-order valence-corrected chi connectivity index (χ4v) is 5.17. The van der Waals surface area contributed by atoms with Gasteiger partial charge < -0.3 is 4.74 Å². The van der Waals surface area contributed by atoms with E-state index in [1.54, 1.807) is 11.3 Å². The molecule has 4 rings (SSSR count). The van der Waals surface area contributed by atoms with Gasteiger partial charge in [-0.1, -0.05) is 48.5 Å². The Morgan fingerprint density at radius 3 is 2.25 bits per heavy atom. The first kappa shape index (κ1) is 18.5. The number of fused-ring (bicyclic) bond motifs is 1. The summed E-state index contributed by atoms with van der Waals surface area (Å²) < 4.78 is 7.44. The first-order valence-electron chi connectivity index (χ1n) is 9.51. The molecule has 142 valence electrons. The van der Waals surface area contributed by atoms with Gasteiger partial charge >= 0.3 is 5.97 Å². The molecule has 28 heavy (non-hydrogen) atoms. The van der Waals surface area contributed by atoms with Gasteiger partial charge in [0.15, 0.2) is 0 Å². The number of carbonyl (C=O) groups excluding carboxylic acids is 1. The van der Waals surface area contributed by atoms with Crippen molar-refractivity contribution in [2.75, 3.05) is 6.61 Å². The number of para-hydroxylation sites is 1. The van der Waals surface area contributed by atoms with E-state index in [0.29, 0.717) is 12.3 Å². The number of rotatable bonds is 5. The maximum atomic E-state index is 12.8. The molecule has 0 atom stereocenters. The molecule has 4 heteroatoms. The van der Waals surface area contributed by atoms with Crippen molar-refractivity contribution in [3.63, 3.8) is 0 Å². The van der Waals surface area contributed by atoms with Gasteiger partial charge in [0.2, 0.25) is 0 Å². The fourth-order valence-electron chi connectivity index (χ4n) is 3.75. The van der Waals surface area contributed by atoms with E-state index in [0.717, 1.165) is 22.5 Å². The third-order valence-electron chi connectivity index (χ3n) is 5.07. The van der Waals surface area contributed by atoms with Crippen LogP contribution in [0.1, 0.15) is 39.0 Å². The molecule has 0 unspecified atom stereocenters. The lowest BCUT2D eigenvalue weighted by Gasteiger charge is -2.10. The number of hydrogen-bond acceptors (Lipinski definition) is 3. The first-order valence-corrected chi connectivity index (χ1v) is 10.3. The van der Waals surface area contributed by atoms with Crippen molar-refractivity contribution in [2.45, 2.75) is 27.2 Å². The number of nitrogens with zero attached hydrogens (tertiary/aromatic N) is 1. The van der Waals surface area contributed by atoms with Crippen molar-refractivity contribution in [1.29, 1.82) is 0 Å². The molecule has 2 heterocycles. The minimum atomic E-state index is -0.267. The number of aromatic nitrogens is 1. The minimum Gasteiger partial charge on any atom is -0.461 e. The molecular formula is C24H23NO2S. The standard InChI is InChI=1S/C24H23NO2S/c1-4-27-24(26)22-17(3)21-16(2)20(15-18-11-7-5-8-12-18)28-23(21)25(22)19-13-9-6-10-14-19/h5-14H,4,15H2,1-3H3. The zero-order valence-corrected chi connectivity index (χ0v) is 17.2. The van der Waals surface area contributed by atoms with Crippen molar-refractivity contribution < 1.29 is 9.53 Å². The van der Waals surface area contributed by atoms with Crippen molar-refractivity contribution in [3.05, 3.63) is 87.9 Å². The lowest BCUT2D eigenvalue weighted by Crippen LogP contribution is -2.12. The Kier molecular flexibility index (Phi) is 5.05. The van der Waals surface area contributed by atoms with Crippen LogP contribution < -0.4 is 0 Å². The molecule has 0 amide bonds. The van der Waals surface area contributed by atoms with Gasteiger partial charge in [0.1, 0.15) is 10.5 Å². The van der Waals surface area contributed by atoms with Crippen molar-refractivity contribution in [2.24, 2.45) is 0 Å². The molecule has 0 aliphatic carbocycles. The summed E-state index contributed by atoms with van der Waals surface area (Å²) in [5.74, 6) is -0.267. The molecule has 0 spiro atoms. The quantitative estimate of drug-likeness (QED) is 0.388. The summed E-state index contributed by atoms with van der Waals surface area (Å²) in [5, 5.41) is 1.17. The predicted molar refractivity (Wildman–Crippen MR) is 116 cm³/mol. The minimum absolute atomic E-state index is 0.267. The molecule has 2 aromatic heterocycles. The number of thiophene rings is 1. The third kappa shape index (κ3) is 3.14. The second kappa shape index (κ2) is 7.64. The molecule has 0 aliphatic rings. The number of esters is 1. The van der Waals surface area contributed by atoms with E-state index >= 15 is 0 Å². The van der Waals surface area contributed by atoms with Crippen LogP contribution in [0, 0.1) is 13.8 Å². The van der Waals surface area contributed by atoms with Crippen LogP contribution in [-0.4, -0.2) is 17.1 Å².